The van der Waals surface area contributed by atoms with Crippen LogP contribution in [0.3, 0.4) is 0 Å². The van der Waals surface area contributed by atoms with E-state index in [1.807, 2.05) is 97.1 Å². The zero-order chi connectivity index (χ0) is 62.2. The summed E-state index contributed by atoms with van der Waals surface area (Å²) in [7, 11) is 8.82. The molecular weight excluding hydrogens is 1090 g/mol. The predicted octanol–water partition coefficient (Wildman–Crippen LogP) is 8.18. The van der Waals surface area contributed by atoms with Crippen LogP contribution in [0.25, 0.3) is 0 Å². The van der Waals surface area contributed by atoms with E-state index >= 15 is 0 Å². The summed E-state index contributed by atoms with van der Waals surface area (Å²) < 4.78 is 77.2. The van der Waals surface area contributed by atoms with Crippen molar-refractivity contribution in [3.8, 4) is 23.0 Å². The second-order valence-corrected chi connectivity index (χ2v) is 21.0. The largest absolute Gasteiger partial charge is 0.497 e. The fourth-order valence-corrected chi connectivity index (χ4v) is 7.55. The van der Waals surface area contributed by atoms with Crippen LogP contribution in [0, 0.1) is 0 Å². The molecule has 4 N–H and O–H groups in total. The van der Waals surface area contributed by atoms with Gasteiger partial charge in [-0.15, -0.1) is 0 Å². The first-order valence-electron chi connectivity index (χ1n) is 27.3. The molecule has 0 aliphatic carbocycles. The lowest BCUT2D eigenvalue weighted by Gasteiger charge is -2.30. The van der Waals surface area contributed by atoms with E-state index in [0.717, 1.165) is 45.3 Å². The molecule has 0 aromatic heterocycles. The number of nitrogens with one attached hydrogen (secondary N) is 2. The minimum atomic E-state index is -0.970. The number of benzene rings is 4. The molecule has 0 aliphatic heterocycles. The molecule has 22 nitrogen and oxygen atoms in total. The van der Waals surface area contributed by atoms with Crippen LogP contribution in [0.5, 0.6) is 23.0 Å². The summed E-state index contributed by atoms with van der Waals surface area (Å²) in [6, 6.07) is 28.7. The molecule has 0 radical (unpaired) electrons. The molecule has 466 valence electrons. The molecule has 0 unspecified atom stereocenters. The molecule has 84 heavy (non-hydrogen) atoms. The van der Waals surface area contributed by atoms with E-state index in [2.05, 4.69) is 10.6 Å². The van der Waals surface area contributed by atoms with Gasteiger partial charge in [0.2, 0.25) is 0 Å². The highest BCUT2D eigenvalue weighted by Crippen LogP contribution is 2.22. The number of methoxy groups -OCH3 is 6. The third-order valence-electron chi connectivity index (χ3n) is 11.9. The summed E-state index contributed by atoms with van der Waals surface area (Å²) in [5.41, 5.74) is 1.95. The first-order valence-corrected chi connectivity index (χ1v) is 27.3. The second-order valence-electron chi connectivity index (χ2n) is 21.0. The van der Waals surface area contributed by atoms with Crippen molar-refractivity contribution in [2.45, 2.75) is 142 Å². The predicted molar refractivity (Wildman–Crippen MR) is 311 cm³/mol. The number of aliphatic hydroxyl groups is 2. The van der Waals surface area contributed by atoms with Crippen molar-refractivity contribution >= 4 is 24.1 Å². The Bertz CT molecular complexity index is 2540. The van der Waals surface area contributed by atoms with Crippen LogP contribution in [0.4, 0.5) is 9.59 Å². The first-order chi connectivity index (χ1) is 39.9. The van der Waals surface area contributed by atoms with E-state index in [9.17, 15) is 29.4 Å². The molecule has 7 atom stereocenters. The Labute approximate surface area is 494 Å². The fraction of sp³-hybridized carbons (Fsp3) is 0.516. The Hall–Kier alpha value is -7.02. The second kappa shape index (κ2) is 37.3. The number of amides is 2. The van der Waals surface area contributed by atoms with E-state index in [4.69, 9.17) is 66.3 Å². The third-order valence-corrected chi connectivity index (χ3v) is 11.9. The van der Waals surface area contributed by atoms with E-state index in [1.54, 1.807) is 83.8 Å². The molecule has 4 rings (SSSR count). The number of carbonyl (C=O) groups excluding carboxylic acids is 4. The molecule has 4 aromatic rings. The summed E-state index contributed by atoms with van der Waals surface area (Å²) >= 11 is 0. The zero-order valence-electron chi connectivity index (χ0n) is 51.0. The van der Waals surface area contributed by atoms with Gasteiger partial charge in [-0.1, -0.05) is 48.5 Å². The highest BCUT2D eigenvalue weighted by Gasteiger charge is 2.31. The van der Waals surface area contributed by atoms with Crippen molar-refractivity contribution in [1.82, 2.24) is 10.6 Å². The Balaban J connectivity index is 0.000000440. The fourth-order valence-electron chi connectivity index (χ4n) is 7.55. The van der Waals surface area contributed by atoms with Crippen molar-refractivity contribution in [1.29, 1.82) is 0 Å². The lowest BCUT2D eigenvalue weighted by atomic mass is 10.1. The van der Waals surface area contributed by atoms with Crippen LogP contribution >= 0.6 is 0 Å². The van der Waals surface area contributed by atoms with Gasteiger partial charge < -0.3 is 81.8 Å². The molecule has 0 saturated heterocycles. The van der Waals surface area contributed by atoms with Crippen molar-refractivity contribution in [2.24, 2.45) is 0 Å². The average molecular weight is 1180 g/mol. The topological polar surface area (TPSA) is 262 Å². The minimum Gasteiger partial charge on any atom is -0.497 e. The molecule has 0 fully saturated rings. The van der Waals surface area contributed by atoms with Crippen molar-refractivity contribution < 1.29 is 95.7 Å². The zero-order valence-corrected chi connectivity index (χ0v) is 51.0. The average Bonchev–Trinajstić information content (AvgIpc) is 3.59. The van der Waals surface area contributed by atoms with E-state index in [-0.39, 0.29) is 65.0 Å². The van der Waals surface area contributed by atoms with Gasteiger partial charge in [-0.05, 0) is 132 Å². The quantitative estimate of drug-likeness (QED) is 0.0152. The molecule has 22 heteroatoms. The Kier molecular flexibility index (Phi) is 31.7. The number of ether oxygens (including phenoxy) is 14. The number of alkyl carbamates (subject to hydrolysis) is 2. The molecule has 0 aliphatic rings. The van der Waals surface area contributed by atoms with Gasteiger partial charge in [0.1, 0.15) is 70.4 Å². The molecule has 0 bridgehead atoms. The maximum atomic E-state index is 12.3. The minimum absolute atomic E-state index is 0.00568. The molecule has 2 amide bonds. The van der Waals surface area contributed by atoms with Gasteiger partial charge in [-0.3, -0.25) is 5.32 Å². The maximum Gasteiger partial charge on any atom is 0.412 e. The summed E-state index contributed by atoms with van der Waals surface area (Å²) in [5, 5.41) is 26.2. The first kappa shape index (κ1) is 71.2. The number of rotatable bonds is 33. The Morgan fingerprint density at radius 1 is 0.500 bits per heavy atom. The lowest BCUT2D eigenvalue weighted by molar-refractivity contribution is -0.150. The SMILES string of the molecule is COC(=O)/C(=C/COC[C@H](OCc1ccc(OC)cc1)[C@@H](OCc1ccc(OC)cc1)[C@H](C)O)NC(=O)OC(C)(C)C.COC(=O)[C@H](CCOC[C@H](OCc1ccc(OC)cc1)[C@@H](OCc1ccc(OC)cc1)[C@H](C)O)NC(=O)OC(C)(C)C. The van der Waals surface area contributed by atoms with Gasteiger partial charge in [0, 0.05) is 13.0 Å². The van der Waals surface area contributed by atoms with Gasteiger partial charge in [0.05, 0.1) is 101 Å². The van der Waals surface area contributed by atoms with E-state index in [1.165, 1.54) is 20.3 Å². The van der Waals surface area contributed by atoms with E-state index in [0.29, 0.717) is 0 Å². The highest BCUT2D eigenvalue weighted by molar-refractivity contribution is 5.92. The van der Waals surface area contributed by atoms with Crippen LogP contribution in [0.2, 0.25) is 0 Å². The normalized spacial score (nSPS) is 14.1. The van der Waals surface area contributed by atoms with Gasteiger partial charge in [0.15, 0.2) is 0 Å². The van der Waals surface area contributed by atoms with E-state index < -0.39 is 78.0 Å². The van der Waals surface area contributed by atoms with Crippen LogP contribution in [0.1, 0.15) is 84.1 Å². The van der Waals surface area contributed by atoms with Crippen molar-refractivity contribution in [2.75, 3.05) is 69.1 Å². The van der Waals surface area contributed by atoms with Crippen LogP contribution in [-0.2, 0) is 83.4 Å². The number of esters is 2. The number of carbonyl (C=O) groups is 4. The van der Waals surface area contributed by atoms with Crippen LogP contribution in [0.15, 0.2) is 109 Å². The Morgan fingerprint density at radius 3 is 1.19 bits per heavy atom. The van der Waals surface area contributed by atoms with Crippen LogP contribution < -0.4 is 29.6 Å². The van der Waals surface area contributed by atoms with Crippen molar-refractivity contribution in [3.63, 3.8) is 0 Å². The standard InChI is InChI=1S/C31H45NO10.C31H43NO10/c2*1-21(33)28(41-19-23-10-14-25(37-6)15-11-23)27(40-18-22-8-12-24(36-5)13-9-22)20-39-17-16-26(29(34)38-7)32-30(35)42-31(2,3)4/h8-15,21,26-28,33H,16-20H2,1-7H3,(H,32,35);8-16,21,27-28,33H,17-20H2,1-7H3,(H,32,35)/b;26-16-/t21-,26-,27-,28-;21-,27-,28-/m00/s1. The molecule has 0 heterocycles. The summed E-state index contributed by atoms with van der Waals surface area (Å²) in [5.74, 6) is 1.51. The van der Waals surface area contributed by atoms with Crippen LogP contribution in [-0.4, -0.2) is 157 Å². The van der Waals surface area contributed by atoms with Crippen molar-refractivity contribution in [3.05, 3.63) is 131 Å². The molecule has 4 aromatic carbocycles. The van der Waals surface area contributed by atoms with Gasteiger partial charge >= 0.3 is 24.1 Å². The Morgan fingerprint density at radius 2 is 0.857 bits per heavy atom. The lowest BCUT2D eigenvalue weighted by Crippen LogP contribution is -2.45. The monoisotopic (exact) mass is 1180 g/mol. The highest BCUT2D eigenvalue weighted by atomic mass is 16.6. The molecule has 0 saturated carbocycles. The molecular formula is C62H88N2O20. The summed E-state index contributed by atoms with van der Waals surface area (Å²) in [4.78, 5) is 48.9. The van der Waals surface area contributed by atoms with Gasteiger partial charge in [-0.2, -0.15) is 0 Å². The van der Waals surface area contributed by atoms with Gasteiger partial charge in [0.25, 0.3) is 0 Å². The number of aliphatic hydroxyl groups excluding tert-OH is 2. The third kappa shape index (κ3) is 28.0. The smallest absolute Gasteiger partial charge is 0.412 e. The molecule has 0 spiro atoms. The summed E-state index contributed by atoms with van der Waals surface area (Å²) in [6.45, 7) is 14.5. The maximum absolute atomic E-state index is 12.3. The van der Waals surface area contributed by atoms with Gasteiger partial charge in [-0.25, -0.2) is 19.2 Å². The number of hydrogen-bond acceptors (Lipinski definition) is 20. The summed E-state index contributed by atoms with van der Waals surface area (Å²) in [6.07, 6.45) is -4.68. The number of hydrogen-bond donors (Lipinski definition) is 4.